The lowest BCUT2D eigenvalue weighted by Crippen LogP contribution is -2.25. The molecule has 1 aromatic heterocycles. The maximum Gasteiger partial charge on any atom is 0.228 e. The van der Waals surface area contributed by atoms with Gasteiger partial charge in [0.1, 0.15) is 16.7 Å². The molecule has 6 heteroatoms. The van der Waals surface area contributed by atoms with E-state index in [4.69, 9.17) is 5.11 Å². The highest BCUT2D eigenvalue weighted by Gasteiger charge is 2.30. The van der Waals surface area contributed by atoms with E-state index in [1.807, 2.05) is 0 Å². The van der Waals surface area contributed by atoms with Gasteiger partial charge in [-0.25, -0.2) is 9.97 Å². The molecule has 1 aliphatic rings. The first-order valence-electron chi connectivity index (χ1n) is 4.59. The van der Waals surface area contributed by atoms with Crippen LogP contribution in [0.3, 0.4) is 0 Å². The zero-order valence-corrected chi connectivity index (χ0v) is 9.51. The van der Waals surface area contributed by atoms with Crippen LogP contribution < -0.4 is 4.90 Å². The van der Waals surface area contributed by atoms with Crippen molar-refractivity contribution in [2.45, 2.75) is 6.42 Å². The Hall–Kier alpha value is -1.01. The van der Waals surface area contributed by atoms with Gasteiger partial charge in [0.25, 0.3) is 0 Å². The third kappa shape index (κ3) is 2.15. The third-order valence-electron chi connectivity index (χ3n) is 2.36. The van der Waals surface area contributed by atoms with E-state index in [0.717, 1.165) is 0 Å². The largest absolute Gasteiger partial charge is 0.396 e. The average Bonchev–Trinajstić information content (AvgIpc) is 2.60. The van der Waals surface area contributed by atoms with Crippen molar-refractivity contribution >= 4 is 27.7 Å². The summed E-state index contributed by atoms with van der Waals surface area (Å²) in [5.74, 6) is 0.601. The molecule has 1 atom stereocenters. The number of carbonyl (C=O) groups excluding carboxylic acids is 1. The van der Waals surface area contributed by atoms with Crippen LogP contribution in [0.2, 0.25) is 0 Å². The number of carbonyl (C=O) groups is 1. The average molecular weight is 272 g/mol. The Bertz CT molecular complexity index is 385. The van der Waals surface area contributed by atoms with E-state index in [0.29, 0.717) is 23.4 Å². The van der Waals surface area contributed by atoms with Gasteiger partial charge >= 0.3 is 0 Å². The molecule has 1 aliphatic heterocycles. The minimum Gasteiger partial charge on any atom is -0.396 e. The van der Waals surface area contributed by atoms with Crippen molar-refractivity contribution in [3.63, 3.8) is 0 Å². The summed E-state index contributed by atoms with van der Waals surface area (Å²) < 4.78 is 0.646. The Morgan fingerprint density at radius 1 is 1.60 bits per heavy atom. The summed E-state index contributed by atoms with van der Waals surface area (Å²) in [5, 5.41) is 8.98. The lowest BCUT2D eigenvalue weighted by Gasteiger charge is -2.14. The quantitative estimate of drug-likeness (QED) is 0.800. The van der Waals surface area contributed by atoms with Gasteiger partial charge in [0.15, 0.2) is 0 Å². The lowest BCUT2D eigenvalue weighted by atomic mass is 10.1. The molecule has 0 radical (unpaired) electrons. The second-order valence-electron chi connectivity index (χ2n) is 3.46. The first-order valence-corrected chi connectivity index (χ1v) is 5.39. The molecular weight excluding hydrogens is 262 g/mol. The van der Waals surface area contributed by atoms with Gasteiger partial charge in [0.2, 0.25) is 5.91 Å². The van der Waals surface area contributed by atoms with Crippen LogP contribution in [0.1, 0.15) is 6.42 Å². The molecule has 0 aliphatic carbocycles. The predicted octanol–water partition coefficient (Wildman–Crippen LogP) is 0.584. The van der Waals surface area contributed by atoms with E-state index in [9.17, 15) is 4.79 Å². The van der Waals surface area contributed by atoms with Gasteiger partial charge in [-0.05, 0) is 15.9 Å². The van der Waals surface area contributed by atoms with Crippen LogP contribution in [-0.4, -0.2) is 34.1 Å². The molecule has 2 rings (SSSR count). The van der Waals surface area contributed by atoms with Crippen molar-refractivity contribution in [3.8, 4) is 0 Å². The standard InChI is InChI=1S/C9H10BrN3O2/c10-7-2-8(12-5-11-7)13-3-6(4-14)1-9(13)15/h2,5-6,14H,1,3-4H2. The van der Waals surface area contributed by atoms with E-state index in [-0.39, 0.29) is 18.4 Å². The van der Waals surface area contributed by atoms with Gasteiger partial charge in [-0.1, -0.05) is 0 Å². The molecule has 0 spiro atoms. The first kappa shape index (κ1) is 10.5. The van der Waals surface area contributed by atoms with E-state index >= 15 is 0 Å². The number of hydrogen-bond acceptors (Lipinski definition) is 4. The van der Waals surface area contributed by atoms with Crippen molar-refractivity contribution in [2.75, 3.05) is 18.1 Å². The molecule has 0 aromatic carbocycles. The van der Waals surface area contributed by atoms with E-state index < -0.39 is 0 Å². The third-order valence-corrected chi connectivity index (χ3v) is 2.79. The monoisotopic (exact) mass is 271 g/mol. The summed E-state index contributed by atoms with van der Waals surface area (Å²) in [7, 11) is 0. The molecule has 2 heterocycles. The molecule has 1 amide bonds. The van der Waals surface area contributed by atoms with Crippen LogP contribution in [0, 0.1) is 5.92 Å². The fourth-order valence-corrected chi connectivity index (χ4v) is 1.89. The topological polar surface area (TPSA) is 66.3 Å². The van der Waals surface area contributed by atoms with Crippen LogP contribution in [-0.2, 0) is 4.79 Å². The minimum absolute atomic E-state index is 0.000324. The van der Waals surface area contributed by atoms with E-state index in [2.05, 4.69) is 25.9 Å². The van der Waals surface area contributed by atoms with Crippen molar-refractivity contribution in [3.05, 3.63) is 17.0 Å². The molecule has 1 N–H and O–H groups in total. The summed E-state index contributed by atoms with van der Waals surface area (Å²) in [6.07, 6.45) is 1.79. The number of rotatable bonds is 2. The molecular formula is C9H10BrN3O2. The number of amides is 1. The van der Waals surface area contributed by atoms with Crippen LogP contribution >= 0.6 is 15.9 Å². The Morgan fingerprint density at radius 2 is 2.40 bits per heavy atom. The zero-order valence-electron chi connectivity index (χ0n) is 7.93. The molecule has 5 nitrogen and oxygen atoms in total. The molecule has 1 unspecified atom stereocenters. The number of aromatic nitrogens is 2. The Labute approximate surface area is 95.3 Å². The second kappa shape index (κ2) is 4.24. The van der Waals surface area contributed by atoms with Crippen molar-refractivity contribution in [2.24, 2.45) is 5.92 Å². The van der Waals surface area contributed by atoms with Crippen molar-refractivity contribution in [1.29, 1.82) is 0 Å². The van der Waals surface area contributed by atoms with Gasteiger partial charge in [0.05, 0.1) is 0 Å². The summed E-state index contributed by atoms with van der Waals surface area (Å²) in [6, 6.07) is 1.69. The number of aliphatic hydroxyl groups is 1. The van der Waals surface area contributed by atoms with Crippen LogP contribution in [0.15, 0.2) is 17.0 Å². The number of halogens is 1. The molecule has 80 valence electrons. The molecule has 0 bridgehead atoms. The summed E-state index contributed by atoms with van der Waals surface area (Å²) in [4.78, 5) is 21.1. The number of aliphatic hydroxyl groups excluding tert-OH is 1. The second-order valence-corrected chi connectivity index (χ2v) is 4.27. The SMILES string of the molecule is O=C1CC(CO)CN1c1cc(Br)ncn1. The number of anilines is 1. The predicted molar refractivity (Wildman–Crippen MR) is 57.3 cm³/mol. The fraction of sp³-hybridized carbons (Fsp3) is 0.444. The highest BCUT2D eigenvalue weighted by Crippen LogP contribution is 2.23. The van der Waals surface area contributed by atoms with Gasteiger partial charge in [-0.15, -0.1) is 0 Å². The van der Waals surface area contributed by atoms with Crippen LogP contribution in [0.4, 0.5) is 5.82 Å². The van der Waals surface area contributed by atoms with Gasteiger partial charge in [-0.2, -0.15) is 0 Å². The van der Waals surface area contributed by atoms with Crippen LogP contribution in [0.25, 0.3) is 0 Å². The first-order chi connectivity index (χ1) is 7.20. The number of hydrogen-bond donors (Lipinski definition) is 1. The Balaban J connectivity index is 2.21. The minimum atomic E-state index is -0.000324. The summed E-state index contributed by atoms with van der Waals surface area (Å²) >= 11 is 3.22. The Morgan fingerprint density at radius 3 is 3.00 bits per heavy atom. The highest BCUT2D eigenvalue weighted by atomic mass is 79.9. The number of nitrogens with zero attached hydrogens (tertiary/aromatic N) is 3. The molecule has 1 saturated heterocycles. The van der Waals surface area contributed by atoms with Crippen molar-refractivity contribution in [1.82, 2.24) is 9.97 Å². The highest BCUT2D eigenvalue weighted by molar-refractivity contribution is 9.10. The zero-order chi connectivity index (χ0) is 10.8. The van der Waals surface area contributed by atoms with E-state index in [1.165, 1.54) is 6.33 Å². The maximum absolute atomic E-state index is 11.6. The summed E-state index contributed by atoms with van der Waals surface area (Å²) in [6.45, 7) is 0.563. The maximum atomic E-state index is 11.6. The lowest BCUT2D eigenvalue weighted by molar-refractivity contribution is -0.117. The molecule has 1 aromatic rings. The molecule has 15 heavy (non-hydrogen) atoms. The van der Waals surface area contributed by atoms with Gasteiger partial charge in [-0.3, -0.25) is 9.69 Å². The normalized spacial score (nSPS) is 21.1. The molecule has 0 saturated carbocycles. The smallest absolute Gasteiger partial charge is 0.228 e. The molecule has 1 fully saturated rings. The van der Waals surface area contributed by atoms with Gasteiger partial charge in [0, 0.05) is 31.6 Å². The van der Waals surface area contributed by atoms with E-state index in [1.54, 1.807) is 11.0 Å². The summed E-state index contributed by atoms with van der Waals surface area (Å²) in [5.41, 5.74) is 0. The fourth-order valence-electron chi connectivity index (χ4n) is 1.60. The van der Waals surface area contributed by atoms with Crippen LogP contribution in [0.5, 0.6) is 0 Å². The van der Waals surface area contributed by atoms with Gasteiger partial charge < -0.3 is 5.11 Å². The van der Waals surface area contributed by atoms with Crippen molar-refractivity contribution < 1.29 is 9.90 Å². The Kier molecular flexibility index (Phi) is 2.97.